The predicted molar refractivity (Wildman–Crippen MR) is 62.6 cm³/mol. The minimum absolute atomic E-state index is 0.323. The maximum absolute atomic E-state index is 11.2. The number of ether oxygens (including phenoxy) is 1. The molecule has 1 aromatic heterocycles. The summed E-state index contributed by atoms with van der Waals surface area (Å²) in [6, 6.07) is 7.27. The molecule has 2 aromatic rings. The van der Waals surface area contributed by atoms with Crippen molar-refractivity contribution in [1.29, 1.82) is 0 Å². The number of benzene rings is 1. The van der Waals surface area contributed by atoms with Crippen molar-refractivity contribution in [3.05, 3.63) is 59.7 Å². The van der Waals surface area contributed by atoms with Crippen LogP contribution in [0.2, 0.25) is 0 Å². The third-order valence-corrected chi connectivity index (χ3v) is 2.38. The normalized spacial score (nSPS) is 9.94. The van der Waals surface area contributed by atoms with E-state index in [0.717, 1.165) is 11.3 Å². The molecule has 4 nitrogen and oxygen atoms in total. The Hall–Kier alpha value is -2.23. The van der Waals surface area contributed by atoms with Crippen molar-refractivity contribution >= 4 is 5.97 Å². The summed E-state index contributed by atoms with van der Waals surface area (Å²) in [7, 11) is 1.37. The molecule has 0 bridgehead atoms. The van der Waals surface area contributed by atoms with Gasteiger partial charge >= 0.3 is 5.97 Å². The van der Waals surface area contributed by atoms with Gasteiger partial charge in [0.1, 0.15) is 0 Å². The number of hydrogen-bond donors (Lipinski definition) is 0. The topological polar surface area (TPSA) is 52.1 Å². The molecule has 4 heteroatoms. The molecule has 0 spiro atoms. The molecule has 0 aliphatic heterocycles. The number of rotatable bonds is 3. The fourth-order valence-corrected chi connectivity index (χ4v) is 1.51. The van der Waals surface area contributed by atoms with E-state index in [9.17, 15) is 4.79 Å². The number of methoxy groups -OCH3 is 1. The van der Waals surface area contributed by atoms with Crippen molar-refractivity contribution in [2.75, 3.05) is 7.11 Å². The van der Waals surface area contributed by atoms with Gasteiger partial charge in [0, 0.05) is 25.0 Å². The van der Waals surface area contributed by atoms with E-state index < -0.39 is 0 Å². The third-order valence-electron chi connectivity index (χ3n) is 2.38. The van der Waals surface area contributed by atoms with Gasteiger partial charge in [0.25, 0.3) is 0 Å². The number of esters is 1. The van der Waals surface area contributed by atoms with E-state index in [4.69, 9.17) is 0 Å². The van der Waals surface area contributed by atoms with Crippen LogP contribution in [0.3, 0.4) is 0 Å². The Morgan fingerprint density at radius 1 is 1.24 bits per heavy atom. The fraction of sp³-hybridized carbons (Fsp3) is 0.154. The van der Waals surface area contributed by atoms with Crippen molar-refractivity contribution in [2.45, 2.75) is 6.42 Å². The number of carbonyl (C=O) groups excluding carboxylic acids is 1. The van der Waals surface area contributed by atoms with Crippen LogP contribution in [0.15, 0.2) is 42.9 Å². The largest absolute Gasteiger partial charge is 0.465 e. The second-order valence-electron chi connectivity index (χ2n) is 3.56. The van der Waals surface area contributed by atoms with Crippen molar-refractivity contribution in [1.82, 2.24) is 9.97 Å². The van der Waals surface area contributed by atoms with Crippen LogP contribution in [0.25, 0.3) is 0 Å². The summed E-state index contributed by atoms with van der Waals surface area (Å²) in [5, 5.41) is 0. The monoisotopic (exact) mass is 228 g/mol. The molecule has 86 valence electrons. The van der Waals surface area contributed by atoms with Crippen LogP contribution in [0.4, 0.5) is 0 Å². The molecule has 0 aliphatic carbocycles. The maximum atomic E-state index is 11.2. The highest BCUT2D eigenvalue weighted by Gasteiger charge is 2.04. The van der Waals surface area contributed by atoms with Crippen LogP contribution in [-0.2, 0) is 11.2 Å². The summed E-state index contributed by atoms with van der Waals surface area (Å²) in [6.07, 6.45) is 5.74. The van der Waals surface area contributed by atoms with Crippen LogP contribution in [0.5, 0.6) is 0 Å². The molecule has 1 heterocycles. The van der Waals surface area contributed by atoms with E-state index in [2.05, 4.69) is 14.7 Å². The first-order valence-corrected chi connectivity index (χ1v) is 5.22. The molecule has 2 rings (SSSR count). The molecule has 0 N–H and O–H groups in total. The van der Waals surface area contributed by atoms with Crippen molar-refractivity contribution in [2.24, 2.45) is 0 Å². The summed E-state index contributed by atoms with van der Waals surface area (Å²) in [5.74, 6) is -0.323. The standard InChI is InChI=1S/C13H12N2O2/c1-17-13(16)11-4-2-10(3-5-11)8-12-9-14-6-7-15-12/h2-7,9H,8H2,1H3. The Morgan fingerprint density at radius 2 is 2.00 bits per heavy atom. The molecule has 0 saturated carbocycles. The zero-order valence-corrected chi connectivity index (χ0v) is 9.46. The Balaban J connectivity index is 2.11. The first-order valence-electron chi connectivity index (χ1n) is 5.22. The van der Waals surface area contributed by atoms with Gasteiger partial charge in [-0.1, -0.05) is 12.1 Å². The number of carbonyl (C=O) groups is 1. The SMILES string of the molecule is COC(=O)c1ccc(Cc2cnccn2)cc1. The highest BCUT2D eigenvalue weighted by Crippen LogP contribution is 2.09. The van der Waals surface area contributed by atoms with Crippen molar-refractivity contribution in [3.63, 3.8) is 0 Å². The van der Waals surface area contributed by atoms with Gasteiger partial charge in [-0.2, -0.15) is 0 Å². The van der Waals surface area contributed by atoms with Gasteiger partial charge in [0.05, 0.1) is 18.4 Å². The first-order chi connectivity index (χ1) is 8.29. The van der Waals surface area contributed by atoms with Crippen LogP contribution >= 0.6 is 0 Å². The third kappa shape index (κ3) is 2.87. The minimum atomic E-state index is -0.323. The summed E-state index contributed by atoms with van der Waals surface area (Å²) in [5.41, 5.74) is 2.53. The van der Waals surface area contributed by atoms with Gasteiger partial charge in [0.15, 0.2) is 0 Å². The highest BCUT2D eigenvalue weighted by atomic mass is 16.5. The summed E-state index contributed by atoms with van der Waals surface area (Å²) >= 11 is 0. The molecule has 0 aliphatic rings. The Morgan fingerprint density at radius 3 is 2.59 bits per heavy atom. The lowest BCUT2D eigenvalue weighted by molar-refractivity contribution is 0.0600. The van der Waals surface area contributed by atoms with Crippen LogP contribution < -0.4 is 0 Å². The molecule has 0 unspecified atom stereocenters. The van der Waals surface area contributed by atoms with Crippen LogP contribution in [0, 0.1) is 0 Å². The van der Waals surface area contributed by atoms with E-state index in [0.29, 0.717) is 12.0 Å². The van der Waals surface area contributed by atoms with Crippen LogP contribution in [0.1, 0.15) is 21.6 Å². The van der Waals surface area contributed by atoms with E-state index in [-0.39, 0.29) is 5.97 Å². The van der Waals surface area contributed by atoms with Crippen LogP contribution in [-0.4, -0.2) is 23.0 Å². The maximum Gasteiger partial charge on any atom is 0.337 e. The highest BCUT2D eigenvalue weighted by molar-refractivity contribution is 5.89. The lowest BCUT2D eigenvalue weighted by Gasteiger charge is -2.02. The van der Waals surface area contributed by atoms with Gasteiger partial charge in [-0.05, 0) is 17.7 Å². The Labute approximate surface area is 99.3 Å². The first kappa shape index (κ1) is 11.3. The van der Waals surface area contributed by atoms with Gasteiger partial charge in [-0.3, -0.25) is 9.97 Å². The Kier molecular flexibility index (Phi) is 3.45. The Bertz CT molecular complexity index is 495. The zero-order valence-electron chi connectivity index (χ0n) is 9.46. The van der Waals surface area contributed by atoms with Gasteiger partial charge < -0.3 is 4.74 Å². The average Bonchev–Trinajstić information content (AvgIpc) is 2.40. The molecule has 0 radical (unpaired) electrons. The van der Waals surface area contributed by atoms with E-state index in [1.54, 1.807) is 30.7 Å². The minimum Gasteiger partial charge on any atom is -0.465 e. The second kappa shape index (κ2) is 5.21. The summed E-state index contributed by atoms with van der Waals surface area (Å²) in [6.45, 7) is 0. The number of hydrogen-bond acceptors (Lipinski definition) is 4. The molecular weight excluding hydrogens is 216 g/mol. The summed E-state index contributed by atoms with van der Waals surface area (Å²) in [4.78, 5) is 19.4. The molecule has 1 aromatic carbocycles. The van der Waals surface area contributed by atoms with Gasteiger partial charge in [-0.15, -0.1) is 0 Å². The molecule has 0 atom stereocenters. The molecule has 0 amide bonds. The second-order valence-corrected chi connectivity index (χ2v) is 3.56. The zero-order chi connectivity index (χ0) is 12.1. The smallest absolute Gasteiger partial charge is 0.337 e. The van der Waals surface area contributed by atoms with E-state index in [1.165, 1.54) is 7.11 Å². The molecule has 0 saturated heterocycles. The molecule has 17 heavy (non-hydrogen) atoms. The lowest BCUT2D eigenvalue weighted by atomic mass is 10.1. The number of aromatic nitrogens is 2. The molecular formula is C13H12N2O2. The fourth-order valence-electron chi connectivity index (χ4n) is 1.51. The van der Waals surface area contributed by atoms with E-state index in [1.807, 2.05) is 12.1 Å². The van der Waals surface area contributed by atoms with Gasteiger partial charge in [0.2, 0.25) is 0 Å². The predicted octanol–water partition coefficient (Wildman–Crippen LogP) is 1.85. The molecule has 0 fully saturated rings. The van der Waals surface area contributed by atoms with E-state index >= 15 is 0 Å². The quantitative estimate of drug-likeness (QED) is 0.752. The van der Waals surface area contributed by atoms with Crippen molar-refractivity contribution < 1.29 is 9.53 Å². The average molecular weight is 228 g/mol. The van der Waals surface area contributed by atoms with Gasteiger partial charge in [-0.25, -0.2) is 4.79 Å². The summed E-state index contributed by atoms with van der Waals surface area (Å²) < 4.78 is 4.63. The number of nitrogens with zero attached hydrogens (tertiary/aromatic N) is 2. The van der Waals surface area contributed by atoms with Crippen molar-refractivity contribution in [3.8, 4) is 0 Å². The lowest BCUT2D eigenvalue weighted by Crippen LogP contribution is -2.01.